The second-order valence-electron chi connectivity index (χ2n) is 11.2. The second kappa shape index (κ2) is 11.7. The van der Waals surface area contributed by atoms with E-state index in [4.69, 9.17) is 16.3 Å². The first-order chi connectivity index (χ1) is 19.5. The summed E-state index contributed by atoms with van der Waals surface area (Å²) >= 11 is 6.11. The van der Waals surface area contributed by atoms with Gasteiger partial charge in [0.25, 0.3) is 5.56 Å². The Morgan fingerprint density at radius 3 is 2.65 bits per heavy atom. The summed E-state index contributed by atoms with van der Waals surface area (Å²) in [6.45, 7) is 4.19. The maximum absolute atomic E-state index is 13.7. The van der Waals surface area contributed by atoms with Gasteiger partial charge in [-0.2, -0.15) is 0 Å². The van der Waals surface area contributed by atoms with Crippen LogP contribution in [-0.2, 0) is 19.5 Å². The van der Waals surface area contributed by atoms with Crippen molar-refractivity contribution in [3.05, 3.63) is 85.8 Å². The number of rotatable bonds is 8. The van der Waals surface area contributed by atoms with Crippen molar-refractivity contribution in [1.82, 2.24) is 19.0 Å². The average molecular weight is 561 g/mol. The number of benzene rings is 2. The van der Waals surface area contributed by atoms with Gasteiger partial charge in [-0.3, -0.25) is 13.9 Å². The fourth-order valence-electron chi connectivity index (χ4n) is 6.60. The molecule has 1 unspecified atom stereocenters. The number of methoxy groups -OCH3 is 1. The fourth-order valence-corrected chi connectivity index (χ4v) is 6.73. The van der Waals surface area contributed by atoms with Gasteiger partial charge in [0.15, 0.2) is 0 Å². The van der Waals surface area contributed by atoms with Crippen molar-refractivity contribution in [2.75, 3.05) is 26.7 Å². The molecule has 0 saturated carbocycles. The third-order valence-corrected chi connectivity index (χ3v) is 8.94. The first-order valence-electron chi connectivity index (χ1n) is 14.5. The monoisotopic (exact) mass is 560 g/mol. The number of fused-ring (bicyclic) bond motifs is 2. The van der Waals surface area contributed by atoms with E-state index in [1.165, 1.54) is 21.9 Å². The maximum atomic E-state index is 13.7. The van der Waals surface area contributed by atoms with Crippen LogP contribution in [0.3, 0.4) is 0 Å². The number of aromatic amines is 1. The number of ether oxygens (including phenoxy) is 1. The molecule has 210 valence electrons. The highest BCUT2D eigenvalue weighted by Crippen LogP contribution is 2.34. The Hall–Kier alpha value is -3.29. The molecule has 0 spiro atoms. The number of unbranched alkanes of at least 4 members (excludes halogenated alkanes) is 1. The van der Waals surface area contributed by atoms with Gasteiger partial charge < -0.3 is 14.6 Å². The van der Waals surface area contributed by atoms with Crippen LogP contribution in [0, 0.1) is 0 Å². The third-order valence-electron chi connectivity index (χ3n) is 8.69. The first kappa shape index (κ1) is 26.9. The number of hydrogen-bond donors (Lipinski definition) is 1. The molecule has 0 radical (unpaired) electrons. The van der Waals surface area contributed by atoms with Gasteiger partial charge in [-0.25, -0.2) is 4.79 Å². The lowest BCUT2D eigenvalue weighted by molar-refractivity contribution is 0.204. The molecule has 0 bridgehead atoms. The summed E-state index contributed by atoms with van der Waals surface area (Å²) < 4.78 is 8.77. The van der Waals surface area contributed by atoms with Crippen molar-refractivity contribution in [2.24, 2.45) is 0 Å². The molecule has 2 aromatic heterocycles. The average Bonchev–Trinajstić information content (AvgIpc) is 3.41. The van der Waals surface area contributed by atoms with Gasteiger partial charge in [0, 0.05) is 47.5 Å². The fraction of sp³-hybridized carbons (Fsp3) is 0.438. The summed E-state index contributed by atoms with van der Waals surface area (Å²) in [5.74, 6) is 1.36. The van der Waals surface area contributed by atoms with Crippen molar-refractivity contribution >= 4 is 22.5 Å². The molecule has 1 fully saturated rings. The molecular weight excluding hydrogens is 524 g/mol. The normalized spacial score (nSPS) is 17.7. The first-order valence-corrected chi connectivity index (χ1v) is 14.9. The van der Waals surface area contributed by atoms with Crippen LogP contribution in [0.1, 0.15) is 55.7 Å². The van der Waals surface area contributed by atoms with Crippen LogP contribution < -0.4 is 16.0 Å². The van der Waals surface area contributed by atoms with Crippen molar-refractivity contribution in [3.63, 3.8) is 0 Å². The molecule has 1 N–H and O–H groups in total. The number of halogens is 1. The van der Waals surface area contributed by atoms with Crippen molar-refractivity contribution < 1.29 is 4.74 Å². The standard InChI is InChI=1S/C32H37ClN4O3/c1-40-25-13-14-28-26(19-25)27(20-34-28)23-7-6-16-35(21-23)15-4-5-18-37-31(38)30(22-9-11-24(33)12-10-22)29-8-2-3-17-36(29)32(37)39/h9-14,19-20,23,34H,2-8,15-18,21H2,1H3. The molecule has 0 amide bonds. The molecule has 1 atom stereocenters. The lowest BCUT2D eigenvalue weighted by atomic mass is 9.90. The van der Waals surface area contributed by atoms with Gasteiger partial charge in [-0.15, -0.1) is 0 Å². The van der Waals surface area contributed by atoms with Crippen LogP contribution in [-0.4, -0.2) is 45.8 Å². The summed E-state index contributed by atoms with van der Waals surface area (Å²) in [5.41, 5.74) is 4.54. The number of likely N-dealkylation sites (tertiary alicyclic amines) is 1. The summed E-state index contributed by atoms with van der Waals surface area (Å²) in [6, 6.07) is 13.6. The van der Waals surface area contributed by atoms with Gasteiger partial charge >= 0.3 is 5.69 Å². The Bertz CT molecular complexity index is 1620. The number of nitrogens with one attached hydrogen (secondary N) is 1. The minimum Gasteiger partial charge on any atom is -0.497 e. The van der Waals surface area contributed by atoms with E-state index in [-0.39, 0.29) is 11.2 Å². The molecule has 0 aliphatic carbocycles. The molecule has 2 aliphatic heterocycles. The molecule has 40 heavy (non-hydrogen) atoms. The van der Waals surface area contributed by atoms with E-state index in [9.17, 15) is 9.59 Å². The van der Waals surface area contributed by atoms with E-state index in [0.717, 1.165) is 80.7 Å². The van der Waals surface area contributed by atoms with Gasteiger partial charge in [0.05, 0.1) is 12.7 Å². The zero-order valence-corrected chi connectivity index (χ0v) is 23.9. The zero-order chi connectivity index (χ0) is 27.6. The van der Waals surface area contributed by atoms with Gasteiger partial charge in [-0.05, 0) is 105 Å². The molecule has 4 aromatic rings. The highest BCUT2D eigenvalue weighted by atomic mass is 35.5. The second-order valence-corrected chi connectivity index (χ2v) is 11.6. The van der Waals surface area contributed by atoms with Crippen LogP contribution >= 0.6 is 11.6 Å². The SMILES string of the molecule is COc1ccc2[nH]cc(C3CCCN(CCCCn4c(=O)c(-c5ccc(Cl)cc5)c5n(c4=O)CCCC5)C3)c2c1. The predicted octanol–water partition coefficient (Wildman–Crippen LogP) is 5.82. The smallest absolute Gasteiger partial charge is 0.331 e. The van der Waals surface area contributed by atoms with Gasteiger partial charge in [0.1, 0.15) is 5.75 Å². The molecule has 6 rings (SSSR count). The van der Waals surface area contributed by atoms with E-state index in [0.29, 0.717) is 29.6 Å². The summed E-state index contributed by atoms with van der Waals surface area (Å²) in [7, 11) is 1.71. The topological polar surface area (TPSA) is 72.3 Å². The molecule has 4 heterocycles. The Labute approximate surface area is 239 Å². The quantitative estimate of drug-likeness (QED) is 0.276. The molecular formula is C32H37ClN4O3. The Balaban J connectivity index is 1.14. The number of aromatic nitrogens is 3. The summed E-state index contributed by atoms with van der Waals surface area (Å²) in [4.78, 5) is 33.0. The number of nitrogens with zero attached hydrogens (tertiary/aromatic N) is 3. The Morgan fingerprint density at radius 1 is 1.00 bits per heavy atom. The highest BCUT2D eigenvalue weighted by molar-refractivity contribution is 6.30. The van der Waals surface area contributed by atoms with Gasteiger partial charge in [0.2, 0.25) is 0 Å². The van der Waals surface area contributed by atoms with E-state index < -0.39 is 0 Å². The zero-order valence-electron chi connectivity index (χ0n) is 23.1. The minimum atomic E-state index is -0.173. The highest BCUT2D eigenvalue weighted by Gasteiger charge is 2.25. The van der Waals surface area contributed by atoms with E-state index in [2.05, 4.69) is 28.2 Å². The van der Waals surface area contributed by atoms with Crippen LogP contribution in [0.5, 0.6) is 5.75 Å². The summed E-state index contributed by atoms with van der Waals surface area (Å²) in [5, 5.41) is 1.88. The molecule has 8 heteroatoms. The van der Waals surface area contributed by atoms with Crippen LogP contribution in [0.15, 0.2) is 58.3 Å². The van der Waals surface area contributed by atoms with Crippen LogP contribution in [0.4, 0.5) is 0 Å². The van der Waals surface area contributed by atoms with Crippen molar-refractivity contribution in [2.45, 2.75) is 64.0 Å². The number of hydrogen-bond acceptors (Lipinski definition) is 4. The summed E-state index contributed by atoms with van der Waals surface area (Å²) in [6.07, 6.45) is 8.94. The van der Waals surface area contributed by atoms with E-state index in [1.807, 2.05) is 34.9 Å². The lowest BCUT2D eigenvalue weighted by Gasteiger charge is -2.32. The largest absolute Gasteiger partial charge is 0.497 e. The maximum Gasteiger partial charge on any atom is 0.331 e. The third kappa shape index (κ3) is 5.25. The number of piperidine rings is 1. The van der Waals surface area contributed by atoms with Gasteiger partial charge in [-0.1, -0.05) is 23.7 Å². The molecule has 1 saturated heterocycles. The Morgan fingerprint density at radius 2 is 1.82 bits per heavy atom. The van der Waals surface area contributed by atoms with E-state index >= 15 is 0 Å². The molecule has 2 aromatic carbocycles. The lowest BCUT2D eigenvalue weighted by Crippen LogP contribution is -2.44. The minimum absolute atomic E-state index is 0.162. The van der Waals surface area contributed by atoms with Crippen molar-refractivity contribution in [1.29, 1.82) is 0 Å². The van der Waals surface area contributed by atoms with E-state index in [1.54, 1.807) is 7.11 Å². The number of H-pyrrole nitrogens is 1. The molecule has 7 nitrogen and oxygen atoms in total. The Kier molecular flexibility index (Phi) is 7.85. The molecule has 2 aliphatic rings. The van der Waals surface area contributed by atoms with Crippen molar-refractivity contribution in [3.8, 4) is 16.9 Å². The predicted molar refractivity (Wildman–Crippen MR) is 161 cm³/mol. The van der Waals surface area contributed by atoms with Crippen LogP contribution in [0.25, 0.3) is 22.0 Å². The van der Waals surface area contributed by atoms with Crippen LogP contribution in [0.2, 0.25) is 5.02 Å².